The Balaban J connectivity index is 2.36. The van der Waals surface area contributed by atoms with Gasteiger partial charge in [-0.15, -0.1) is 0 Å². The number of rotatable bonds is 10. The topological polar surface area (TPSA) is 162 Å². The van der Waals surface area contributed by atoms with Crippen LogP contribution in [0.2, 0.25) is 0 Å². The van der Waals surface area contributed by atoms with Crippen molar-refractivity contribution in [2.75, 3.05) is 6.61 Å². The SMILES string of the molecule is OCC(O)C(O)C(O)C(O)C(O)[CH]CCCc1ccc(O)c(O)c1. The maximum Gasteiger partial charge on any atom is 0.157 e. The van der Waals surface area contributed by atoms with Crippen LogP contribution in [0.3, 0.4) is 0 Å². The highest BCUT2D eigenvalue weighted by atomic mass is 16.4. The van der Waals surface area contributed by atoms with Gasteiger partial charge in [-0.05, 0) is 43.4 Å². The molecule has 0 aliphatic carbocycles. The third-order valence-electron chi connectivity index (χ3n) is 3.75. The van der Waals surface area contributed by atoms with Gasteiger partial charge in [-0.3, -0.25) is 0 Å². The summed E-state index contributed by atoms with van der Waals surface area (Å²) in [7, 11) is 0. The van der Waals surface area contributed by atoms with Crippen molar-refractivity contribution in [3.05, 3.63) is 30.2 Å². The predicted octanol–water partition coefficient (Wildman–Crippen LogP) is -1.58. The number of phenols is 2. The molecule has 0 aliphatic rings. The van der Waals surface area contributed by atoms with E-state index in [9.17, 15) is 35.7 Å². The minimum absolute atomic E-state index is 0.207. The smallest absolute Gasteiger partial charge is 0.157 e. The summed E-state index contributed by atoms with van der Waals surface area (Å²) in [6.45, 7) is -0.787. The molecule has 0 heterocycles. The number of aliphatic hydroxyl groups excluding tert-OH is 6. The van der Waals surface area contributed by atoms with Gasteiger partial charge in [0.2, 0.25) is 0 Å². The fourth-order valence-electron chi connectivity index (χ4n) is 2.20. The van der Waals surface area contributed by atoms with Crippen molar-refractivity contribution in [1.29, 1.82) is 0 Å². The van der Waals surface area contributed by atoms with Gasteiger partial charge in [0.25, 0.3) is 0 Å². The summed E-state index contributed by atoms with van der Waals surface area (Å²) >= 11 is 0. The zero-order valence-corrected chi connectivity index (χ0v) is 13.1. The van der Waals surface area contributed by atoms with Crippen LogP contribution in [-0.4, -0.2) is 78.0 Å². The monoisotopic (exact) mass is 345 g/mol. The molecule has 137 valence electrons. The number of unbranched alkanes of at least 4 members (excludes halogenated alkanes) is 1. The van der Waals surface area contributed by atoms with E-state index in [2.05, 4.69) is 0 Å². The van der Waals surface area contributed by atoms with Crippen LogP contribution in [0.4, 0.5) is 0 Å². The standard InChI is InChI=1S/C16H25O8/c17-8-13(21)15(23)16(24)14(22)11(19)4-2-1-3-9-5-6-10(18)12(20)7-9/h4-7,11,13-24H,1-3,8H2. The number of phenolic OH excluding ortho intramolecular Hbond substituents is 2. The molecule has 8 heteroatoms. The Bertz CT molecular complexity index is 495. The minimum atomic E-state index is -1.81. The van der Waals surface area contributed by atoms with Crippen molar-refractivity contribution in [3.63, 3.8) is 0 Å². The number of aliphatic hydroxyl groups is 6. The average molecular weight is 345 g/mol. The van der Waals surface area contributed by atoms with Gasteiger partial charge < -0.3 is 40.9 Å². The van der Waals surface area contributed by atoms with Crippen molar-refractivity contribution in [2.45, 2.75) is 49.8 Å². The fraction of sp³-hybridized carbons (Fsp3) is 0.562. The van der Waals surface area contributed by atoms with Crippen LogP contribution in [-0.2, 0) is 6.42 Å². The molecule has 8 N–H and O–H groups in total. The van der Waals surface area contributed by atoms with E-state index < -0.39 is 37.1 Å². The molecular weight excluding hydrogens is 320 g/mol. The molecule has 1 radical (unpaired) electrons. The van der Waals surface area contributed by atoms with Gasteiger partial charge in [0.1, 0.15) is 24.4 Å². The molecule has 8 nitrogen and oxygen atoms in total. The second kappa shape index (κ2) is 9.77. The van der Waals surface area contributed by atoms with E-state index >= 15 is 0 Å². The Morgan fingerprint density at radius 3 is 2.12 bits per heavy atom. The lowest BCUT2D eigenvalue weighted by Crippen LogP contribution is -2.50. The highest BCUT2D eigenvalue weighted by Crippen LogP contribution is 2.25. The molecule has 0 bridgehead atoms. The van der Waals surface area contributed by atoms with E-state index in [0.717, 1.165) is 5.56 Å². The Hall–Kier alpha value is -1.42. The number of benzene rings is 1. The maximum atomic E-state index is 9.78. The van der Waals surface area contributed by atoms with E-state index in [0.29, 0.717) is 19.3 Å². The third kappa shape index (κ3) is 5.90. The molecule has 0 amide bonds. The normalized spacial score (nSPS) is 17.9. The molecule has 0 saturated heterocycles. The van der Waals surface area contributed by atoms with E-state index in [1.807, 2.05) is 0 Å². The van der Waals surface area contributed by atoms with Crippen molar-refractivity contribution < 1.29 is 40.9 Å². The largest absolute Gasteiger partial charge is 0.504 e. The first kappa shape index (κ1) is 20.6. The molecule has 24 heavy (non-hydrogen) atoms. The van der Waals surface area contributed by atoms with Gasteiger partial charge >= 0.3 is 0 Å². The lowest BCUT2D eigenvalue weighted by Gasteiger charge is -2.28. The Labute approximate surface area is 139 Å². The van der Waals surface area contributed by atoms with Gasteiger partial charge in [0, 0.05) is 0 Å². The zero-order valence-electron chi connectivity index (χ0n) is 13.1. The number of hydrogen-bond donors (Lipinski definition) is 8. The second-order valence-corrected chi connectivity index (χ2v) is 5.66. The summed E-state index contributed by atoms with van der Waals surface area (Å²) < 4.78 is 0. The van der Waals surface area contributed by atoms with E-state index in [1.165, 1.54) is 18.6 Å². The molecule has 5 unspecified atom stereocenters. The zero-order chi connectivity index (χ0) is 18.3. The Morgan fingerprint density at radius 1 is 0.875 bits per heavy atom. The average Bonchev–Trinajstić information content (AvgIpc) is 2.58. The van der Waals surface area contributed by atoms with Gasteiger partial charge in [-0.1, -0.05) is 6.07 Å². The first-order valence-electron chi connectivity index (χ1n) is 7.63. The van der Waals surface area contributed by atoms with Crippen LogP contribution in [0.25, 0.3) is 0 Å². The molecule has 0 saturated carbocycles. The first-order valence-corrected chi connectivity index (χ1v) is 7.63. The first-order chi connectivity index (χ1) is 11.3. The van der Waals surface area contributed by atoms with E-state index in [-0.39, 0.29) is 11.5 Å². The molecule has 0 fully saturated rings. The maximum absolute atomic E-state index is 9.78. The summed E-state index contributed by atoms with van der Waals surface area (Å²) in [6.07, 6.45) is -5.48. The Morgan fingerprint density at radius 2 is 1.54 bits per heavy atom. The highest BCUT2D eigenvalue weighted by Gasteiger charge is 2.33. The lowest BCUT2D eigenvalue weighted by atomic mass is 9.96. The molecule has 1 rings (SSSR count). The quantitative estimate of drug-likeness (QED) is 0.186. The summed E-state index contributed by atoms with van der Waals surface area (Å²) in [5, 5.41) is 75.1. The van der Waals surface area contributed by atoms with Crippen molar-refractivity contribution >= 4 is 0 Å². The van der Waals surface area contributed by atoms with Crippen LogP contribution in [0, 0.1) is 6.42 Å². The molecule has 1 aromatic carbocycles. The predicted molar refractivity (Wildman–Crippen MR) is 84.1 cm³/mol. The van der Waals surface area contributed by atoms with Crippen LogP contribution in [0.1, 0.15) is 18.4 Å². The number of aromatic hydroxyl groups is 2. The molecule has 0 aromatic heterocycles. The third-order valence-corrected chi connectivity index (χ3v) is 3.75. The summed E-state index contributed by atoms with van der Waals surface area (Å²) in [6, 6.07) is 4.45. The van der Waals surface area contributed by atoms with Gasteiger partial charge in [0.15, 0.2) is 11.5 Å². The highest BCUT2D eigenvalue weighted by molar-refractivity contribution is 5.40. The van der Waals surface area contributed by atoms with Gasteiger partial charge in [0.05, 0.1) is 12.7 Å². The molecule has 1 aromatic rings. The minimum Gasteiger partial charge on any atom is -0.504 e. The summed E-state index contributed by atoms with van der Waals surface area (Å²) in [5.74, 6) is -0.423. The Kier molecular flexibility index (Phi) is 8.40. The fourth-order valence-corrected chi connectivity index (χ4v) is 2.20. The molecule has 0 aliphatic heterocycles. The summed E-state index contributed by atoms with van der Waals surface area (Å²) in [4.78, 5) is 0. The van der Waals surface area contributed by atoms with Crippen molar-refractivity contribution in [3.8, 4) is 11.5 Å². The van der Waals surface area contributed by atoms with Gasteiger partial charge in [-0.25, -0.2) is 0 Å². The molecular formula is C16H25O8. The van der Waals surface area contributed by atoms with Crippen LogP contribution in [0.5, 0.6) is 11.5 Å². The lowest BCUT2D eigenvalue weighted by molar-refractivity contribution is -0.135. The summed E-state index contributed by atoms with van der Waals surface area (Å²) in [5.41, 5.74) is 0.787. The van der Waals surface area contributed by atoms with E-state index in [4.69, 9.17) is 5.11 Å². The van der Waals surface area contributed by atoms with Crippen LogP contribution < -0.4 is 0 Å². The van der Waals surface area contributed by atoms with Gasteiger partial charge in [-0.2, -0.15) is 0 Å². The number of aryl methyl sites for hydroxylation is 1. The van der Waals surface area contributed by atoms with Crippen LogP contribution >= 0.6 is 0 Å². The molecule has 5 atom stereocenters. The van der Waals surface area contributed by atoms with Crippen LogP contribution in [0.15, 0.2) is 18.2 Å². The van der Waals surface area contributed by atoms with Crippen molar-refractivity contribution in [2.24, 2.45) is 0 Å². The second-order valence-electron chi connectivity index (χ2n) is 5.66. The van der Waals surface area contributed by atoms with E-state index in [1.54, 1.807) is 6.07 Å². The molecule has 0 spiro atoms. The number of hydrogen-bond acceptors (Lipinski definition) is 8. The van der Waals surface area contributed by atoms with Crippen molar-refractivity contribution in [1.82, 2.24) is 0 Å².